The highest BCUT2D eigenvalue weighted by molar-refractivity contribution is 6.09. The Morgan fingerprint density at radius 2 is 2.00 bits per heavy atom. The quantitative estimate of drug-likeness (QED) is 0.634. The van der Waals surface area contributed by atoms with Crippen LogP contribution >= 0.6 is 0 Å². The summed E-state index contributed by atoms with van der Waals surface area (Å²) in [5, 5.41) is 4.03. The Morgan fingerprint density at radius 1 is 1.15 bits per heavy atom. The molecule has 3 nitrogen and oxygen atoms in total. The standard InChI is InChI=1S/C10H10N3/c1-7-3-4-9(6-11-7)10-5-8(2)12-13-10/h3-6H,1-2H3. The van der Waals surface area contributed by atoms with Crippen LogP contribution < -0.4 is 5.43 Å². The van der Waals surface area contributed by atoms with Gasteiger partial charge in [-0.05, 0) is 32.1 Å². The van der Waals surface area contributed by atoms with Gasteiger partial charge in [0.15, 0.2) is 0 Å². The summed E-state index contributed by atoms with van der Waals surface area (Å²) in [6, 6.07) is 3.98. The predicted octanol–water partition coefficient (Wildman–Crippen LogP) is 1.62. The summed E-state index contributed by atoms with van der Waals surface area (Å²) in [7, 11) is 0. The van der Waals surface area contributed by atoms with Crippen molar-refractivity contribution in [3.63, 3.8) is 0 Å². The van der Waals surface area contributed by atoms with Gasteiger partial charge in [-0.1, -0.05) is 0 Å². The van der Waals surface area contributed by atoms with E-state index < -0.39 is 0 Å². The number of nitrogens with zero attached hydrogens (tertiary/aromatic N) is 3. The number of allylic oxidation sites excluding steroid dienone is 2. The summed E-state index contributed by atoms with van der Waals surface area (Å²) < 4.78 is 0. The summed E-state index contributed by atoms with van der Waals surface area (Å²) in [6.07, 6.45) is 3.77. The Labute approximate surface area is 77.2 Å². The molecular weight excluding hydrogens is 162 g/mol. The van der Waals surface area contributed by atoms with Crippen molar-refractivity contribution in [3.8, 4) is 0 Å². The van der Waals surface area contributed by atoms with Crippen molar-refractivity contribution >= 4 is 5.71 Å². The maximum atomic E-state index is 4.20. The van der Waals surface area contributed by atoms with Crippen LogP contribution in [0.1, 0.15) is 18.2 Å². The fourth-order valence-electron chi connectivity index (χ4n) is 1.15. The van der Waals surface area contributed by atoms with Crippen LogP contribution in [0.25, 0.3) is 0 Å². The van der Waals surface area contributed by atoms with Gasteiger partial charge in [-0.25, -0.2) is 0 Å². The second-order valence-electron chi connectivity index (χ2n) is 3.06. The second-order valence-corrected chi connectivity index (χ2v) is 3.06. The lowest BCUT2D eigenvalue weighted by Gasteiger charge is -1.96. The molecule has 3 heteroatoms. The van der Waals surface area contributed by atoms with Crippen LogP contribution in [0.4, 0.5) is 0 Å². The van der Waals surface area contributed by atoms with E-state index in [2.05, 4.69) is 15.5 Å². The lowest BCUT2D eigenvalue weighted by molar-refractivity contribution is 0.895. The summed E-state index contributed by atoms with van der Waals surface area (Å²) in [5.41, 5.74) is 7.81. The molecule has 0 fully saturated rings. The molecule has 2 rings (SSSR count). The van der Waals surface area contributed by atoms with Gasteiger partial charge in [0.2, 0.25) is 0 Å². The Kier molecular flexibility index (Phi) is 1.85. The van der Waals surface area contributed by atoms with Gasteiger partial charge in [-0.2, -0.15) is 10.5 Å². The number of pyridine rings is 1. The molecule has 0 amide bonds. The normalized spacial score (nSPS) is 14.9. The van der Waals surface area contributed by atoms with Gasteiger partial charge in [0.25, 0.3) is 0 Å². The smallest absolute Gasteiger partial charge is 0.0963 e. The molecule has 0 N–H and O–H groups in total. The average Bonchev–Trinajstić information content (AvgIpc) is 2.53. The van der Waals surface area contributed by atoms with Crippen LogP contribution in [0.3, 0.4) is 0 Å². The number of hydrogen-bond acceptors (Lipinski definition) is 2. The maximum absolute atomic E-state index is 4.20. The van der Waals surface area contributed by atoms with Crippen LogP contribution in [0.2, 0.25) is 0 Å². The molecule has 0 aromatic carbocycles. The fourth-order valence-corrected chi connectivity index (χ4v) is 1.15. The van der Waals surface area contributed by atoms with E-state index in [1.54, 1.807) is 0 Å². The van der Waals surface area contributed by atoms with E-state index in [1.165, 1.54) is 0 Å². The van der Waals surface area contributed by atoms with Crippen LogP contribution in [-0.4, -0.2) is 10.7 Å². The summed E-state index contributed by atoms with van der Waals surface area (Å²) >= 11 is 0. The van der Waals surface area contributed by atoms with Crippen molar-refractivity contribution in [2.45, 2.75) is 13.8 Å². The van der Waals surface area contributed by atoms with Gasteiger partial charge in [0.05, 0.1) is 11.4 Å². The summed E-state index contributed by atoms with van der Waals surface area (Å²) in [4.78, 5) is 4.20. The lowest BCUT2D eigenvalue weighted by atomic mass is 10.1. The molecule has 0 saturated heterocycles. The van der Waals surface area contributed by atoms with Gasteiger partial charge in [-0.3, -0.25) is 4.98 Å². The van der Waals surface area contributed by atoms with Crippen LogP contribution in [0.5, 0.6) is 0 Å². The molecule has 1 radical (unpaired) electrons. The van der Waals surface area contributed by atoms with Gasteiger partial charge in [0, 0.05) is 17.5 Å². The Bertz CT molecular complexity index is 374. The minimum absolute atomic E-state index is 0.894. The number of hydrogen-bond donors (Lipinski definition) is 0. The third kappa shape index (κ3) is 1.59. The van der Waals surface area contributed by atoms with E-state index in [0.29, 0.717) is 0 Å². The molecule has 2 heterocycles. The van der Waals surface area contributed by atoms with Crippen LogP contribution in [0, 0.1) is 6.92 Å². The molecule has 0 atom stereocenters. The minimum atomic E-state index is 0.894. The van der Waals surface area contributed by atoms with Crippen molar-refractivity contribution in [2.75, 3.05) is 0 Å². The lowest BCUT2D eigenvalue weighted by Crippen LogP contribution is -1.95. The maximum Gasteiger partial charge on any atom is 0.0963 e. The highest BCUT2D eigenvalue weighted by Crippen LogP contribution is 2.09. The van der Waals surface area contributed by atoms with Crippen LogP contribution in [-0.2, 0) is 0 Å². The highest BCUT2D eigenvalue weighted by Gasteiger charge is 2.07. The average molecular weight is 172 g/mol. The number of rotatable bonds is 1. The molecule has 1 aliphatic heterocycles. The van der Waals surface area contributed by atoms with Crippen molar-refractivity contribution < 1.29 is 0 Å². The van der Waals surface area contributed by atoms with Crippen molar-refractivity contribution in [1.29, 1.82) is 0 Å². The van der Waals surface area contributed by atoms with E-state index in [4.69, 9.17) is 0 Å². The van der Waals surface area contributed by atoms with E-state index in [0.717, 1.165) is 22.7 Å². The molecular formula is C10H10N3. The molecule has 0 aliphatic carbocycles. The van der Waals surface area contributed by atoms with Crippen LogP contribution in [0.15, 0.2) is 35.2 Å². The third-order valence-electron chi connectivity index (χ3n) is 1.87. The minimum Gasteiger partial charge on any atom is -0.261 e. The van der Waals surface area contributed by atoms with E-state index in [-0.39, 0.29) is 0 Å². The van der Waals surface area contributed by atoms with Gasteiger partial charge in [0.1, 0.15) is 0 Å². The topological polar surface area (TPSA) is 39.4 Å². The Balaban J connectivity index is 2.32. The van der Waals surface area contributed by atoms with Gasteiger partial charge in [-0.15, -0.1) is 0 Å². The van der Waals surface area contributed by atoms with Crippen molar-refractivity contribution in [1.82, 2.24) is 10.4 Å². The first-order chi connectivity index (χ1) is 6.25. The molecule has 1 aliphatic rings. The van der Waals surface area contributed by atoms with Gasteiger partial charge < -0.3 is 0 Å². The zero-order valence-corrected chi connectivity index (χ0v) is 7.65. The Hall–Kier alpha value is -1.64. The molecule has 65 valence electrons. The first kappa shape index (κ1) is 7.98. The largest absolute Gasteiger partial charge is 0.261 e. The molecule has 0 bridgehead atoms. The van der Waals surface area contributed by atoms with E-state index in [9.17, 15) is 0 Å². The molecule has 13 heavy (non-hydrogen) atoms. The monoisotopic (exact) mass is 172 g/mol. The first-order valence-electron chi connectivity index (χ1n) is 4.16. The van der Waals surface area contributed by atoms with E-state index in [1.807, 2.05) is 38.3 Å². The molecule has 0 spiro atoms. The van der Waals surface area contributed by atoms with Crippen molar-refractivity contribution in [2.24, 2.45) is 5.10 Å². The van der Waals surface area contributed by atoms with Gasteiger partial charge >= 0.3 is 0 Å². The third-order valence-corrected chi connectivity index (χ3v) is 1.87. The highest BCUT2D eigenvalue weighted by atomic mass is 15.3. The molecule has 1 aromatic heterocycles. The molecule has 1 aromatic rings. The van der Waals surface area contributed by atoms with E-state index >= 15 is 0 Å². The van der Waals surface area contributed by atoms with Crippen molar-refractivity contribution in [3.05, 3.63) is 41.4 Å². The SMILES string of the molecule is CC1=CC(c2ccc(C)nc2)=N[N]1. The molecule has 0 unspecified atom stereocenters. The summed E-state index contributed by atoms with van der Waals surface area (Å²) in [5.74, 6) is 0. The second kappa shape index (κ2) is 3.01. The Morgan fingerprint density at radius 3 is 2.54 bits per heavy atom. The number of aryl methyl sites for hydroxylation is 1. The zero-order chi connectivity index (χ0) is 9.26. The first-order valence-corrected chi connectivity index (χ1v) is 4.16. The zero-order valence-electron chi connectivity index (χ0n) is 7.65. The summed E-state index contributed by atoms with van der Waals surface area (Å²) in [6.45, 7) is 3.89. The number of aromatic nitrogens is 1. The predicted molar refractivity (Wildman–Crippen MR) is 51.4 cm³/mol. The fraction of sp³-hybridized carbons (Fsp3) is 0.200. The molecule has 0 saturated carbocycles.